The number of hydrogen-bond donors (Lipinski definition) is 1. The van der Waals surface area contributed by atoms with Crippen LogP contribution in [0.2, 0.25) is 0 Å². The smallest absolute Gasteiger partial charge is 0.234 e. The number of hydrogen-bond acceptors (Lipinski definition) is 7. The largest absolute Gasteiger partial charge is 0.497 e. The molecule has 0 atom stereocenters. The minimum absolute atomic E-state index is 0.138. The van der Waals surface area contributed by atoms with Crippen molar-refractivity contribution in [2.45, 2.75) is 18.6 Å². The van der Waals surface area contributed by atoms with Crippen molar-refractivity contribution in [3.8, 4) is 29.0 Å². The monoisotopic (exact) mass is 423 g/mol. The molecule has 2 aromatic carbocycles. The van der Waals surface area contributed by atoms with Crippen LogP contribution in [-0.4, -0.2) is 40.6 Å². The summed E-state index contributed by atoms with van der Waals surface area (Å²) >= 11 is 1.28. The van der Waals surface area contributed by atoms with Gasteiger partial charge in [0.25, 0.3) is 0 Å². The molecule has 0 radical (unpaired) electrons. The van der Waals surface area contributed by atoms with E-state index in [1.165, 1.54) is 11.8 Å². The van der Waals surface area contributed by atoms with E-state index in [1.807, 2.05) is 23.6 Å². The van der Waals surface area contributed by atoms with Gasteiger partial charge in [-0.15, -0.1) is 10.2 Å². The molecule has 9 heteroatoms. The first-order valence-electron chi connectivity index (χ1n) is 9.18. The number of thioether (sulfide) groups is 1. The third-order valence-electron chi connectivity index (χ3n) is 4.30. The molecule has 0 aliphatic rings. The number of rotatable bonds is 8. The van der Waals surface area contributed by atoms with Gasteiger partial charge in [0.2, 0.25) is 5.91 Å². The Morgan fingerprint density at radius 2 is 1.87 bits per heavy atom. The van der Waals surface area contributed by atoms with Crippen molar-refractivity contribution in [2.24, 2.45) is 0 Å². The lowest BCUT2D eigenvalue weighted by molar-refractivity contribution is -0.113. The summed E-state index contributed by atoms with van der Waals surface area (Å²) in [5, 5.41) is 21.1. The molecule has 1 amide bonds. The summed E-state index contributed by atoms with van der Waals surface area (Å²) in [6, 6.07) is 14.4. The van der Waals surface area contributed by atoms with E-state index < -0.39 is 0 Å². The molecule has 0 spiro atoms. The molecule has 154 valence electrons. The van der Waals surface area contributed by atoms with E-state index in [-0.39, 0.29) is 11.7 Å². The van der Waals surface area contributed by atoms with Gasteiger partial charge in [0.15, 0.2) is 11.0 Å². The van der Waals surface area contributed by atoms with Crippen molar-refractivity contribution >= 4 is 23.4 Å². The number of nitriles is 1. The van der Waals surface area contributed by atoms with Gasteiger partial charge in [0.1, 0.15) is 17.6 Å². The maximum atomic E-state index is 12.4. The zero-order valence-electron chi connectivity index (χ0n) is 16.9. The molecule has 3 rings (SSSR count). The molecule has 0 aliphatic carbocycles. The van der Waals surface area contributed by atoms with Crippen LogP contribution in [0.25, 0.3) is 11.4 Å². The topological polar surface area (TPSA) is 102 Å². The zero-order chi connectivity index (χ0) is 21.5. The first-order valence-corrected chi connectivity index (χ1v) is 10.2. The average Bonchev–Trinajstić information content (AvgIpc) is 3.20. The van der Waals surface area contributed by atoms with Crippen molar-refractivity contribution < 1.29 is 14.3 Å². The number of aromatic nitrogens is 3. The fourth-order valence-electron chi connectivity index (χ4n) is 2.84. The Kier molecular flexibility index (Phi) is 6.93. The van der Waals surface area contributed by atoms with Crippen LogP contribution < -0.4 is 14.8 Å². The van der Waals surface area contributed by atoms with Crippen LogP contribution in [0, 0.1) is 11.3 Å². The summed E-state index contributed by atoms with van der Waals surface area (Å²) in [5.74, 6) is 1.88. The second-order valence-electron chi connectivity index (χ2n) is 6.15. The van der Waals surface area contributed by atoms with Gasteiger partial charge in [0.05, 0.1) is 31.2 Å². The summed E-state index contributed by atoms with van der Waals surface area (Å²) in [4.78, 5) is 12.4. The standard InChI is InChI=1S/C21H21N5O3S/c1-4-26-20(15-9-16(28-2)11-17(10-15)29-3)24-25-21(26)30-13-19(27)23-18-8-6-5-7-14(18)12-22/h5-11H,4,13H2,1-3H3,(H,23,27). The van der Waals surface area contributed by atoms with Crippen molar-refractivity contribution in [2.75, 3.05) is 25.3 Å². The first-order chi connectivity index (χ1) is 14.6. The third-order valence-corrected chi connectivity index (χ3v) is 5.26. The minimum atomic E-state index is -0.224. The second kappa shape index (κ2) is 9.80. The van der Waals surface area contributed by atoms with Crippen molar-refractivity contribution in [3.63, 3.8) is 0 Å². The van der Waals surface area contributed by atoms with Gasteiger partial charge in [-0.25, -0.2) is 0 Å². The highest BCUT2D eigenvalue weighted by molar-refractivity contribution is 7.99. The number of nitrogens with one attached hydrogen (secondary N) is 1. The summed E-state index contributed by atoms with van der Waals surface area (Å²) < 4.78 is 12.6. The fourth-order valence-corrected chi connectivity index (χ4v) is 3.64. The van der Waals surface area contributed by atoms with Crippen LogP contribution in [0.1, 0.15) is 12.5 Å². The zero-order valence-corrected chi connectivity index (χ0v) is 17.7. The Morgan fingerprint density at radius 3 is 2.50 bits per heavy atom. The first kappa shape index (κ1) is 21.2. The Bertz CT molecular complexity index is 1070. The molecule has 0 unspecified atom stereocenters. The van der Waals surface area contributed by atoms with Crippen molar-refractivity contribution in [1.82, 2.24) is 14.8 Å². The number of ether oxygens (including phenoxy) is 2. The molecule has 1 heterocycles. The molecule has 0 aliphatic heterocycles. The van der Waals surface area contributed by atoms with Gasteiger partial charge in [0, 0.05) is 18.2 Å². The maximum Gasteiger partial charge on any atom is 0.234 e. The van der Waals surface area contributed by atoms with Crippen molar-refractivity contribution in [3.05, 3.63) is 48.0 Å². The Labute approximate surface area is 178 Å². The average molecular weight is 423 g/mol. The van der Waals surface area contributed by atoms with Crippen LogP contribution in [0.5, 0.6) is 11.5 Å². The number of anilines is 1. The summed E-state index contributed by atoms with van der Waals surface area (Å²) in [5.41, 5.74) is 1.72. The van der Waals surface area contributed by atoms with Crippen LogP contribution in [0.4, 0.5) is 5.69 Å². The summed E-state index contributed by atoms with van der Waals surface area (Å²) in [6.07, 6.45) is 0. The number of nitrogens with zero attached hydrogens (tertiary/aromatic N) is 4. The highest BCUT2D eigenvalue weighted by atomic mass is 32.2. The molecule has 0 fully saturated rings. The second-order valence-corrected chi connectivity index (χ2v) is 7.09. The molecule has 1 N–H and O–H groups in total. The van der Waals surface area contributed by atoms with E-state index >= 15 is 0 Å². The SMILES string of the molecule is CCn1c(SCC(=O)Nc2ccccc2C#N)nnc1-c1cc(OC)cc(OC)c1. The lowest BCUT2D eigenvalue weighted by Crippen LogP contribution is -2.15. The van der Waals surface area contributed by atoms with Gasteiger partial charge in [-0.05, 0) is 31.2 Å². The van der Waals surface area contributed by atoms with E-state index in [0.717, 1.165) is 5.56 Å². The summed E-state index contributed by atoms with van der Waals surface area (Å²) in [6.45, 7) is 2.61. The van der Waals surface area contributed by atoms with Crippen molar-refractivity contribution in [1.29, 1.82) is 5.26 Å². The Hall–Kier alpha value is -3.51. The molecule has 3 aromatic rings. The van der Waals surface area contributed by atoms with E-state index in [2.05, 4.69) is 21.6 Å². The van der Waals surface area contributed by atoms with E-state index in [1.54, 1.807) is 44.6 Å². The predicted molar refractivity (Wildman–Crippen MR) is 115 cm³/mol. The quantitative estimate of drug-likeness (QED) is 0.553. The molecular weight excluding hydrogens is 402 g/mol. The normalized spacial score (nSPS) is 10.3. The molecule has 8 nitrogen and oxygen atoms in total. The molecule has 0 bridgehead atoms. The lowest BCUT2D eigenvalue weighted by Gasteiger charge is -2.10. The molecule has 30 heavy (non-hydrogen) atoms. The van der Waals surface area contributed by atoms with E-state index in [9.17, 15) is 4.79 Å². The molecular formula is C21H21N5O3S. The Balaban J connectivity index is 1.76. The predicted octanol–water partition coefficient (Wildman–Crippen LogP) is 3.58. The van der Waals surface area contributed by atoms with E-state index in [0.29, 0.717) is 40.3 Å². The van der Waals surface area contributed by atoms with Gasteiger partial charge in [-0.1, -0.05) is 23.9 Å². The maximum absolute atomic E-state index is 12.4. The van der Waals surface area contributed by atoms with Crippen LogP contribution in [0.15, 0.2) is 47.6 Å². The fraction of sp³-hybridized carbons (Fsp3) is 0.238. The minimum Gasteiger partial charge on any atom is -0.497 e. The Morgan fingerprint density at radius 1 is 1.17 bits per heavy atom. The highest BCUT2D eigenvalue weighted by Gasteiger charge is 2.16. The summed E-state index contributed by atoms with van der Waals surface area (Å²) in [7, 11) is 3.18. The molecule has 0 saturated heterocycles. The van der Waals surface area contributed by atoms with Gasteiger partial charge in [-0.2, -0.15) is 5.26 Å². The lowest BCUT2D eigenvalue weighted by atomic mass is 10.2. The molecule has 1 aromatic heterocycles. The number of benzene rings is 2. The van der Waals surface area contributed by atoms with E-state index in [4.69, 9.17) is 14.7 Å². The van der Waals surface area contributed by atoms with Crippen LogP contribution in [-0.2, 0) is 11.3 Å². The molecule has 0 saturated carbocycles. The van der Waals surface area contributed by atoms with Gasteiger partial charge < -0.3 is 19.4 Å². The number of amides is 1. The number of para-hydroxylation sites is 1. The van der Waals surface area contributed by atoms with Gasteiger partial charge >= 0.3 is 0 Å². The number of carbonyl (C=O) groups excluding carboxylic acids is 1. The van der Waals surface area contributed by atoms with Crippen LogP contribution >= 0.6 is 11.8 Å². The third kappa shape index (κ3) is 4.72. The highest BCUT2D eigenvalue weighted by Crippen LogP contribution is 2.31. The number of methoxy groups -OCH3 is 2. The van der Waals surface area contributed by atoms with Gasteiger partial charge in [-0.3, -0.25) is 4.79 Å². The number of carbonyl (C=O) groups is 1. The van der Waals surface area contributed by atoms with Crippen LogP contribution in [0.3, 0.4) is 0 Å².